The van der Waals surface area contributed by atoms with Gasteiger partial charge in [-0.15, -0.1) is 24.0 Å². The average Bonchev–Trinajstić information content (AvgIpc) is 2.58. The highest BCUT2D eigenvalue weighted by Gasteiger charge is 2.09. The highest BCUT2D eigenvalue weighted by Crippen LogP contribution is 2.06. The number of rotatable bonds is 8. The highest BCUT2D eigenvalue weighted by atomic mass is 127. The van der Waals surface area contributed by atoms with Crippen molar-refractivity contribution in [3.8, 4) is 0 Å². The number of amides is 1. The minimum atomic E-state index is -0.0381. The van der Waals surface area contributed by atoms with Gasteiger partial charge in [-0.05, 0) is 31.0 Å². The van der Waals surface area contributed by atoms with Crippen LogP contribution in [0.1, 0.15) is 36.2 Å². The molecule has 0 saturated carbocycles. The molecule has 136 valence electrons. The second kappa shape index (κ2) is 13.0. The number of nitrogens with zero attached hydrogens (tertiary/aromatic N) is 1. The summed E-state index contributed by atoms with van der Waals surface area (Å²) in [6, 6.07) is 7.77. The number of aliphatic imine (C=N–C) groups is 1. The summed E-state index contributed by atoms with van der Waals surface area (Å²) in [6.07, 6.45) is 0.913. The third-order valence-corrected chi connectivity index (χ3v) is 3.46. The van der Waals surface area contributed by atoms with Crippen molar-refractivity contribution < 1.29 is 9.53 Å². The molecule has 0 fully saturated rings. The van der Waals surface area contributed by atoms with E-state index in [9.17, 15) is 4.79 Å². The molecule has 0 saturated heterocycles. The van der Waals surface area contributed by atoms with Crippen LogP contribution in [-0.4, -0.2) is 45.2 Å². The van der Waals surface area contributed by atoms with Crippen LogP contribution in [-0.2, 0) is 11.3 Å². The van der Waals surface area contributed by atoms with Crippen molar-refractivity contribution in [2.24, 2.45) is 4.99 Å². The molecule has 0 aliphatic rings. The molecular formula is C17H29IN4O2. The zero-order valence-corrected chi connectivity index (χ0v) is 17.2. The standard InChI is InChI=1S/C17H28N4O2.HI/c1-5-13(2)21-16(22)15-8-6-7-14(11-15)12-20-17(18-3)19-9-10-23-4;/h6-8,11,13H,5,9-10,12H2,1-4H3,(H,21,22)(H2,18,19,20);1H. The highest BCUT2D eigenvalue weighted by molar-refractivity contribution is 14.0. The number of hydrogen-bond acceptors (Lipinski definition) is 3. The van der Waals surface area contributed by atoms with Gasteiger partial charge in [-0.1, -0.05) is 19.1 Å². The molecule has 1 aromatic rings. The third-order valence-electron chi connectivity index (χ3n) is 3.46. The Morgan fingerprint density at radius 3 is 2.71 bits per heavy atom. The lowest BCUT2D eigenvalue weighted by Gasteiger charge is -2.13. The predicted molar refractivity (Wildman–Crippen MR) is 109 cm³/mol. The maximum atomic E-state index is 12.2. The molecule has 3 N–H and O–H groups in total. The second-order valence-electron chi connectivity index (χ2n) is 5.33. The van der Waals surface area contributed by atoms with Gasteiger partial charge in [0.05, 0.1) is 6.61 Å². The summed E-state index contributed by atoms with van der Waals surface area (Å²) in [5.41, 5.74) is 1.70. The summed E-state index contributed by atoms with van der Waals surface area (Å²) in [7, 11) is 3.38. The second-order valence-corrected chi connectivity index (χ2v) is 5.33. The van der Waals surface area contributed by atoms with Crippen LogP contribution < -0.4 is 16.0 Å². The molecular weight excluding hydrogens is 419 g/mol. The van der Waals surface area contributed by atoms with Crippen molar-refractivity contribution in [2.75, 3.05) is 27.3 Å². The molecule has 0 heterocycles. The van der Waals surface area contributed by atoms with Crippen LogP contribution in [0.15, 0.2) is 29.3 Å². The van der Waals surface area contributed by atoms with E-state index in [1.54, 1.807) is 14.2 Å². The van der Waals surface area contributed by atoms with Crippen molar-refractivity contribution >= 4 is 35.8 Å². The molecule has 1 unspecified atom stereocenters. The summed E-state index contributed by atoms with van der Waals surface area (Å²) in [4.78, 5) is 16.3. The Labute approximate surface area is 161 Å². The maximum absolute atomic E-state index is 12.2. The molecule has 1 aromatic carbocycles. The van der Waals surface area contributed by atoms with Crippen molar-refractivity contribution in [3.63, 3.8) is 0 Å². The van der Waals surface area contributed by atoms with E-state index in [0.717, 1.165) is 12.0 Å². The van der Waals surface area contributed by atoms with E-state index in [2.05, 4.69) is 20.9 Å². The normalized spacial score (nSPS) is 12.1. The maximum Gasteiger partial charge on any atom is 0.251 e. The van der Waals surface area contributed by atoms with Crippen molar-refractivity contribution in [1.82, 2.24) is 16.0 Å². The minimum Gasteiger partial charge on any atom is -0.383 e. The number of benzene rings is 1. The zero-order valence-electron chi connectivity index (χ0n) is 14.9. The van der Waals surface area contributed by atoms with Gasteiger partial charge in [-0.25, -0.2) is 0 Å². The molecule has 0 radical (unpaired) electrons. The molecule has 0 spiro atoms. The van der Waals surface area contributed by atoms with E-state index < -0.39 is 0 Å². The Balaban J connectivity index is 0.00000529. The number of halogens is 1. The molecule has 6 nitrogen and oxygen atoms in total. The fourth-order valence-corrected chi connectivity index (χ4v) is 1.91. The summed E-state index contributed by atoms with van der Waals surface area (Å²) < 4.78 is 4.99. The van der Waals surface area contributed by atoms with Gasteiger partial charge in [0, 0.05) is 38.9 Å². The largest absolute Gasteiger partial charge is 0.383 e. The Hall–Kier alpha value is -1.35. The zero-order chi connectivity index (χ0) is 17.1. The molecule has 1 rings (SSSR count). The minimum absolute atomic E-state index is 0. The van der Waals surface area contributed by atoms with Crippen molar-refractivity contribution in [3.05, 3.63) is 35.4 Å². The van der Waals surface area contributed by atoms with Gasteiger partial charge in [-0.3, -0.25) is 9.79 Å². The average molecular weight is 448 g/mol. The van der Waals surface area contributed by atoms with Gasteiger partial charge in [0.15, 0.2) is 5.96 Å². The molecule has 0 aromatic heterocycles. The van der Waals surface area contributed by atoms with Gasteiger partial charge < -0.3 is 20.7 Å². The van der Waals surface area contributed by atoms with Gasteiger partial charge in [0.2, 0.25) is 0 Å². The number of methoxy groups -OCH3 is 1. The van der Waals surface area contributed by atoms with E-state index in [1.165, 1.54) is 0 Å². The number of carbonyl (C=O) groups excluding carboxylic acids is 1. The van der Waals surface area contributed by atoms with Crippen LogP contribution in [0.5, 0.6) is 0 Å². The number of hydrogen-bond donors (Lipinski definition) is 3. The van der Waals surface area contributed by atoms with Crippen molar-refractivity contribution in [1.29, 1.82) is 0 Å². The summed E-state index contributed by atoms with van der Waals surface area (Å²) in [5, 5.41) is 9.33. The lowest BCUT2D eigenvalue weighted by Crippen LogP contribution is -2.38. The smallest absolute Gasteiger partial charge is 0.251 e. The van der Waals surface area contributed by atoms with Crippen LogP contribution in [0, 0.1) is 0 Å². The van der Waals surface area contributed by atoms with E-state index in [1.807, 2.05) is 38.1 Å². The lowest BCUT2D eigenvalue weighted by molar-refractivity contribution is 0.0939. The Morgan fingerprint density at radius 1 is 1.33 bits per heavy atom. The van der Waals surface area contributed by atoms with Crippen molar-refractivity contribution in [2.45, 2.75) is 32.9 Å². The Kier molecular flexibility index (Phi) is 12.3. The molecule has 1 atom stereocenters. The number of nitrogens with one attached hydrogen (secondary N) is 3. The lowest BCUT2D eigenvalue weighted by atomic mass is 10.1. The summed E-state index contributed by atoms with van der Waals surface area (Å²) >= 11 is 0. The van der Waals surface area contributed by atoms with Crippen LogP contribution in [0.3, 0.4) is 0 Å². The van der Waals surface area contributed by atoms with Crippen LogP contribution in [0.2, 0.25) is 0 Å². The quantitative estimate of drug-likeness (QED) is 0.247. The van der Waals surface area contributed by atoms with Gasteiger partial charge >= 0.3 is 0 Å². The SMILES string of the molecule is CCC(C)NC(=O)c1cccc(CNC(=NC)NCCOC)c1.I. The first-order valence-electron chi connectivity index (χ1n) is 7.94. The van der Waals surface area contributed by atoms with Gasteiger partial charge in [0.1, 0.15) is 0 Å². The molecule has 0 bridgehead atoms. The number of ether oxygens (including phenoxy) is 1. The Morgan fingerprint density at radius 2 is 2.08 bits per heavy atom. The topological polar surface area (TPSA) is 74.8 Å². The van der Waals surface area contributed by atoms with Crippen LogP contribution in [0.4, 0.5) is 0 Å². The molecule has 24 heavy (non-hydrogen) atoms. The molecule has 1 amide bonds. The van der Waals surface area contributed by atoms with E-state index in [4.69, 9.17) is 4.74 Å². The first-order valence-corrected chi connectivity index (χ1v) is 7.94. The first-order chi connectivity index (χ1) is 11.1. The third kappa shape index (κ3) is 8.49. The van der Waals surface area contributed by atoms with Crippen LogP contribution in [0.25, 0.3) is 0 Å². The summed E-state index contributed by atoms with van der Waals surface area (Å²) in [6.45, 7) is 5.95. The van der Waals surface area contributed by atoms with Gasteiger partial charge in [-0.2, -0.15) is 0 Å². The fraction of sp³-hybridized carbons (Fsp3) is 0.529. The summed E-state index contributed by atoms with van der Waals surface area (Å²) in [5.74, 6) is 0.667. The Bertz CT molecular complexity index is 523. The first kappa shape index (κ1) is 22.6. The van der Waals surface area contributed by atoms with E-state index in [-0.39, 0.29) is 35.9 Å². The monoisotopic (exact) mass is 448 g/mol. The predicted octanol–water partition coefficient (Wildman–Crippen LogP) is 2.14. The molecule has 0 aliphatic heterocycles. The van der Waals surface area contributed by atoms with Gasteiger partial charge in [0.25, 0.3) is 5.91 Å². The van der Waals surface area contributed by atoms with E-state index in [0.29, 0.717) is 31.2 Å². The molecule has 0 aliphatic carbocycles. The number of guanidine groups is 1. The number of carbonyl (C=O) groups is 1. The van der Waals surface area contributed by atoms with E-state index >= 15 is 0 Å². The van der Waals surface area contributed by atoms with Crippen LogP contribution >= 0.6 is 24.0 Å². The molecule has 7 heteroatoms. The fourth-order valence-electron chi connectivity index (χ4n) is 1.91.